The zero-order chi connectivity index (χ0) is 12.3. The largest absolute Gasteiger partial charge is 0.444 e. The van der Waals surface area contributed by atoms with Gasteiger partial charge in [-0.3, -0.25) is 0 Å². The minimum Gasteiger partial charge on any atom is -0.444 e. The molecule has 1 fully saturated rings. The van der Waals surface area contributed by atoms with Crippen LogP contribution in [0, 0.1) is 0 Å². The molecule has 2 unspecified atom stereocenters. The van der Waals surface area contributed by atoms with Crippen molar-refractivity contribution in [3.63, 3.8) is 0 Å². The van der Waals surface area contributed by atoms with Crippen LogP contribution in [0.5, 0.6) is 0 Å². The summed E-state index contributed by atoms with van der Waals surface area (Å²) in [7, 11) is 0. The fourth-order valence-electron chi connectivity index (χ4n) is 1.90. The molecule has 1 amide bonds. The highest BCUT2D eigenvalue weighted by Crippen LogP contribution is 2.23. The van der Waals surface area contributed by atoms with E-state index in [1.807, 2.05) is 20.8 Å². The maximum atomic E-state index is 11.8. The fraction of sp³-hybridized carbons (Fsp3) is 0.909. The first-order valence-corrected chi connectivity index (χ1v) is 5.73. The molecule has 0 radical (unpaired) electrons. The molecule has 0 bridgehead atoms. The van der Waals surface area contributed by atoms with E-state index in [1.165, 1.54) is 0 Å². The summed E-state index contributed by atoms with van der Waals surface area (Å²) in [5.74, 6) is 0. The molecule has 0 aromatic rings. The summed E-state index contributed by atoms with van der Waals surface area (Å²) in [6, 6.07) is -0.195. The average Bonchev–Trinajstić information content (AvgIpc) is 2.46. The average molecular weight is 230 g/mol. The van der Waals surface area contributed by atoms with Crippen LogP contribution in [-0.2, 0) is 4.74 Å². The van der Waals surface area contributed by atoms with E-state index in [2.05, 4.69) is 0 Å². The van der Waals surface area contributed by atoms with Crippen molar-refractivity contribution in [2.45, 2.75) is 51.4 Å². The van der Waals surface area contributed by atoms with Crippen molar-refractivity contribution in [3.05, 3.63) is 0 Å². The summed E-state index contributed by atoms with van der Waals surface area (Å²) >= 11 is 0. The Morgan fingerprint density at radius 2 is 2.19 bits per heavy atom. The Morgan fingerprint density at radius 1 is 1.56 bits per heavy atom. The minimum atomic E-state index is -0.502. The Morgan fingerprint density at radius 3 is 2.69 bits per heavy atom. The fourth-order valence-corrected chi connectivity index (χ4v) is 1.90. The van der Waals surface area contributed by atoms with Crippen molar-refractivity contribution in [1.29, 1.82) is 0 Å². The molecule has 1 aliphatic heterocycles. The molecule has 1 aliphatic rings. The van der Waals surface area contributed by atoms with Crippen molar-refractivity contribution in [2.75, 3.05) is 13.1 Å². The topological polar surface area (TPSA) is 75.8 Å². The van der Waals surface area contributed by atoms with Crippen molar-refractivity contribution < 1.29 is 14.6 Å². The van der Waals surface area contributed by atoms with E-state index in [0.717, 1.165) is 0 Å². The van der Waals surface area contributed by atoms with Gasteiger partial charge in [-0.15, -0.1) is 0 Å². The van der Waals surface area contributed by atoms with Crippen molar-refractivity contribution >= 4 is 6.09 Å². The Kier molecular flexibility index (Phi) is 4.15. The van der Waals surface area contributed by atoms with Gasteiger partial charge in [-0.1, -0.05) is 0 Å². The first-order valence-electron chi connectivity index (χ1n) is 5.73. The van der Waals surface area contributed by atoms with Crippen LogP contribution < -0.4 is 5.73 Å². The Hall–Kier alpha value is -0.810. The number of rotatable bonds is 2. The van der Waals surface area contributed by atoms with E-state index in [0.29, 0.717) is 25.9 Å². The molecular weight excluding hydrogens is 208 g/mol. The number of aliphatic hydroxyl groups excluding tert-OH is 1. The summed E-state index contributed by atoms with van der Waals surface area (Å²) < 4.78 is 5.28. The normalized spacial score (nSPS) is 25.9. The molecule has 0 saturated carbocycles. The van der Waals surface area contributed by atoms with Gasteiger partial charge in [0.2, 0.25) is 0 Å². The van der Waals surface area contributed by atoms with E-state index < -0.39 is 11.7 Å². The number of hydrogen-bond donors (Lipinski definition) is 2. The monoisotopic (exact) mass is 230 g/mol. The zero-order valence-electron chi connectivity index (χ0n) is 10.3. The van der Waals surface area contributed by atoms with Crippen LogP contribution in [0.25, 0.3) is 0 Å². The third kappa shape index (κ3) is 3.35. The van der Waals surface area contributed by atoms with Crippen LogP contribution in [0.15, 0.2) is 0 Å². The molecule has 0 aromatic carbocycles. The van der Waals surface area contributed by atoms with Crippen LogP contribution >= 0.6 is 0 Å². The third-order valence-electron chi connectivity index (χ3n) is 2.60. The molecule has 0 aliphatic carbocycles. The lowest BCUT2D eigenvalue weighted by molar-refractivity contribution is 0.0148. The van der Waals surface area contributed by atoms with Gasteiger partial charge in [0.25, 0.3) is 0 Å². The second-order valence-corrected chi connectivity index (χ2v) is 5.17. The maximum Gasteiger partial charge on any atom is 0.410 e. The summed E-state index contributed by atoms with van der Waals surface area (Å²) in [6.45, 7) is 6.49. The number of aliphatic hydroxyl groups is 1. The molecule has 16 heavy (non-hydrogen) atoms. The Labute approximate surface area is 96.6 Å². The van der Waals surface area contributed by atoms with Gasteiger partial charge < -0.3 is 20.5 Å². The van der Waals surface area contributed by atoms with Crippen molar-refractivity contribution in [1.82, 2.24) is 4.90 Å². The quantitative estimate of drug-likeness (QED) is 0.732. The highest BCUT2D eigenvalue weighted by molar-refractivity contribution is 5.69. The maximum absolute atomic E-state index is 11.8. The number of carbonyl (C=O) groups is 1. The van der Waals surface area contributed by atoms with Crippen LogP contribution in [-0.4, -0.2) is 46.9 Å². The Bertz CT molecular complexity index is 250. The van der Waals surface area contributed by atoms with Gasteiger partial charge in [0.05, 0.1) is 12.1 Å². The first kappa shape index (κ1) is 13.3. The van der Waals surface area contributed by atoms with Gasteiger partial charge in [-0.2, -0.15) is 0 Å². The van der Waals surface area contributed by atoms with E-state index in [1.54, 1.807) is 4.90 Å². The van der Waals surface area contributed by atoms with Gasteiger partial charge >= 0.3 is 6.09 Å². The van der Waals surface area contributed by atoms with Gasteiger partial charge in [0.1, 0.15) is 5.60 Å². The van der Waals surface area contributed by atoms with Crippen LogP contribution in [0.3, 0.4) is 0 Å². The van der Waals surface area contributed by atoms with Crippen LogP contribution in [0.1, 0.15) is 33.6 Å². The molecular formula is C11H22N2O3. The molecule has 2 atom stereocenters. The Balaban J connectivity index is 2.61. The van der Waals surface area contributed by atoms with E-state index in [4.69, 9.17) is 10.5 Å². The summed E-state index contributed by atoms with van der Waals surface area (Å²) in [4.78, 5) is 13.4. The highest BCUT2D eigenvalue weighted by Gasteiger charge is 2.37. The predicted molar refractivity (Wildman–Crippen MR) is 61.0 cm³/mol. The van der Waals surface area contributed by atoms with Gasteiger partial charge in [-0.05, 0) is 40.2 Å². The molecule has 5 nitrogen and oxygen atoms in total. The number of nitrogens with two attached hydrogens (primary N) is 1. The summed E-state index contributed by atoms with van der Waals surface area (Å²) in [5, 5.41) is 9.73. The SMILES string of the molecule is CC(C)(C)OC(=O)N1CCC(O)C1CCN. The number of carbonyl (C=O) groups excluding carboxylic acids is 1. The standard InChI is InChI=1S/C11H22N2O3/c1-11(2,3)16-10(15)13-7-5-9(14)8(13)4-6-12/h8-9,14H,4-7,12H2,1-3H3. The molecule has 94 valence electrons. The predicted octanol–water partition coefficient (Wildman–Crippen LogP) is 0.706. The van der Waals surface area contributed by atoms with Crippen molar-refractivity contribution in [2.24, 2.45) is 5.73 Å². The molecule has 1 heterocycles. The van der Waals surface area contributed by atoms with Crippen LogP contribution in [0.2, 0.25) is 0 Å². The molecule has 0 spiro atoms. The summed E-state index contributed by atoms with van der Waals surface area (Å²) in [6.07, 6.45) is 0.378. The molecule has 0 aromatic heterocycles. The van der Waals surface area contributed by atoms with E-state index in [9.17, 15) is 9.90 Å². The third-order valence-corrected chi connectivity index (χ3v) is 2.60. The number of hydrogen-bond acceptors (Lipinski definition) is 4. The highest BCUT2D eigenvalue weighted by atomic mass is 16.6. The second kappa shape index (κ2) is 5.01. The molecule has 3 N–H and O–H groups in total. The zero-order valence-corrected chi connectivity index (χ0v) is 10.3. The first-order chi connectivity index (χ1) is 7.35. The molecule has 1 rings (SSSR count). The van der Waals surface area contributed by atoms with Crippen molar-refractivity contribution in [3.8, 4) is 0 Å². The lowest BCUT2D eigenvalue weighted by Gasteiger charge is -2.29. The second-order valence-electron chi connectivity index (χ2n) is 5.17. The number of ether oxygens (including phenoxy) is 1. The van der Waals surface area contributed by atoms with E-state index >= 15 is 0 Å². The smallest absolute Gasteiger partial charge is 0.410 e. The number of likely N-dealkylation sites (tertiary alicyclic amines) is 1. The van der Waals surface area contributed by atoms with Gasteiger partial charge in [0.15, 0.2) is 0 Å². The molecule has 5 heteroatoms. The lowest BCUT2D eigenvalue weighted by atomic mass is 10.1. The lowest BCUT2D eigenvalue weighted by Crippen LogP contribution is -2.43. The number of amides is 1. The van der Waals surface area contributed by atoms with E-state index in [-0.39, 0.29) is 12.1 Å². The molecule has 1 saturated heterocycles. The number of nitrogens with zero attached hydrogens (tertiary/aromatic N) is 1. The van der Waals surface area contributed by atoms with Crippen LogP contribution in [0.4, 0.5) is 4.79 Å². The van der Waals surface area contributed by atoms with Gasteiger partial charge in [0, 0.05) is 6.54 Å². The minimum absolute atomic E-state index is 0.195. The summed E-state index contributed by atoms with van der Waals surface area (Å²) in [5.41, 5.74) is 4.97. The van der Waals surface area contributed by atoms with Gasteiger partial charge in [-0.25, -0.2) is 4.79 Å².